The molecule has 6 aromatic rings. The number of nitrogens with one attached hydrogen (secondary N) is 3. The van der Waals surface area contributed by atoms with E-state index < -0.39 is 12.0 Å². The first kappa shape index (κ1) is 23.3. The zero-order valence-electron chi connectivity index (χ0n) is 20.0. The number of aliphatic hydroxyl groups excluding tert-OH is 1. The Labute approximate surface area is 215 Å². The van der Waals surface area contributed by atoms with Crippen LogP contribution in [0, 0.1) is 5.82 Å². The van der Waals surface area contributed by atoms with Crippen molar-refractivity contribution in [3.63, 3.8) is 0 Å². The van der Waals surface area contributed by atoms with Crippen LogP contribution in [0.25, 0.3) is 55.8 Å². The maximum Gasteiger partial charge on any atom is 0.157 e. The molecule has 1 unspecified atom stereocenters. The molecule has 0 aliphatic carbocycles. The van der Waals surface area contributed by atoms with Gasteiger partial charge in [0, 0.05) is 34.3 Å². The van der Waals surface area contributed by atoms with E-state index in [0.717, 1.165) is 35.1 Å². The van der Waals surface area contributed by atoms with Crippen molar-refractivity contribution in [1.82, 2.24) is 30.1 Å². The second kappa shape index (κ2) is 9.72. The van der Waals surface area contributed by atoms with Gasteiger partial charge in [-0.15, -0.1) is 0 Å². The second-order valence-electron chi connectivity index (χ2n) is 8.87. The van der Waals surface area contributed by atoms with Crippen LogP contribution in [0.5, 0.6) is 0 Å². The Morgan fingerprint density at radius 3 is 2.86 bits per heavy atom. The Morgan fingerprint density at radius 2 is 2.03 bits per heavy atom. The molecule has 0 saturated heterocycles. The van der Waals surface area contributed by atoms with Crippen molar-refractivity contribution < 1.29 is 9.50 Å². The number of halogens is 1. The molecule has 186 valence electrons. The van der Waals surface area contributed by atoms with Gasteiger partial charge in [0.05, 0.1) is 23.1 Å². The summed E-state index contributed by atoms with van der Waals surface area (Å²) in [5.74, 6) is 0.0965. The molecule has 0 bridgehead atoms. The van der Waals surface area contributed by atoms with E-state index in [1.165, 1.54) is 6.07 Å². The first-order valence-electron chi connectivity index (χ1n) is 12.1. The number of rotatable bonds is 8. The van der Waals surface area contributed by atoms with E-state index in [4.69, 9.17) is 4.98 Å². The van der Waals surface area contributed by atoms with E-state index in [2.05, 4.69) is 37.4 Å². The third-order valence-corrected chi connectivity index (χ3v) is 6.96. The quantitative estimate of drug-likeness (QED) is 0.176. The first-order valence-corrected chi connectivity index (χ1v) is 13.0. The van der Waals surface area contributed by atoms with Gasteiger partial charge >= 0.3 is 0 Å². The molecule has 0 spiro atoms. The zero-order valence-corrected chi connectivity index (χ0v) is 20.8. The molecule has 5 aromatic heterocycles. The molecule has 0 amide bonds. The van der Waals surface area contributed by atoms with E-state index in [-0.39, 0.29) is 5.52 Å². The summed E-state index contributed by atoms with van der Waals surface area (Å²) in [6, 6.07) is 9.04. The number of nitrogens with zero attached hydrogens (tertiary/aromatic N) is 4. The fraction of sp³-hybridized carbons (Fsp3) is 0.185. The topological polar surface area (TPSA) is 115 Å². The number of benzene rings is 1. The van der Waals surface area contributed by atoms with Gasteiger partial charge in [-0.05, 0) is 54.1 Å². The summed E-state index contributed by atoms with van der Waals surface area (Å²) in [5, 5.41) is 25.1. The summed E-state index contributed by atoms with van der Waals surface area (Å²) in [7, 11) is 0. The number of aliphatic hydroxyl groups is 1. The smallest absolute Gasteiger partial charge is 0.157 e. The number of thiophene rings is 1. The Kier molecular flexibility index (Phi) is 6.11. The van der Waals surface area contributed by atoms with Crippen molar-refractivity contribution in [1.29, 1.82) is 0 Å². The number of anilines is 1. The molecule has 0 radical (unpaired) electrons. The summed E-state index contributed by atoms with van der Waals surface area (Å²) < 4.78 is 15.2. The highest BCUT2D eigenvalue weighted by atomic mass is 32.1. The summed E-state index contributed by atoms with van der Waals surface area (Å²) in [6.45, 7) is 2.08. The van der Waals surface area contributed by atoms with Gasteiger partial charge in [0.2, 0.25) is 0 Å². The molecule has 6 rings (SSSR count). The van der Waals surface area contributed by atoms with Gasteiger partial charge in [-0.2, -0.15) is 16.4 Å². The predicted molar refractivity (Wildman–Crippen MR) is 145 cm³/mol. The number of H-pyrrole nitrogens is 2. The van der Waals surface area contributed by atoms with Crippen molar-refractivity contribution in [3.05, 3.63) is 65.5 Å². The van der Waals surface area contributed by atoms with Gasteiger partial charge in [0.25, 0.3) is 0 Å². The molecule has 5 heterocycles. The van der Waals surface area contributed by atoms with Crippen molar-refractivity contribution in [2.75, 3.05) is 5.32 Å². The minimum absolute atomic E-state index is 0.229. The zero-order chi connectivity index (χ0) is 25.4. The standard InChI is InChI=1S/C27H24FN7OS/c1-2-3-4-22(36)31-18-9-17(12-29-13-18)16-10-19-24(20(28)11-16)34-35-25(19)27-32-21-5-7-30-23(26(21)33-27)15-6-8-37-14-15/h5-14,22,31,36H,2-4H2,1H3,(H,32,33)(H,34,35). The van der Waals surface area contributed by atoms with Crippen LogP contribution in [0.3, 0.4) is 0 Å². The van der Waals surface area contributed by atoms with E-state index >= 15 is 4.39 Å². The lowest BCUT2D eigenvalue weighted by atomic mass is 10.0. The summed E-state index contributed by atoms with van der Waals surface area (Å²) in [4.78, 5) is 17.0. The highest BCUT2D eigenvalue weighted by molar-refractivity contribution is 7.08. The van der Waals surface area contributed by atoms with Crippen LogP contribution in [0.4, 0.5) is 10.1 Å². The highest BCUT2D eigenvalue weighted by Crippen LogP contribution is 2.34. The minimum atomic E-state index is -0.668. The second-order valence-corrected chi connectivity index (χ2v) is 9.65. The molecule has 0 saturated carbocycles. The summed E-state index contributed by atoms with van der Waals surface area (Å²) in [5.41, 5.74) is 6.19. The number of hydrogen-bond acceptors (Lipinski definition) is 7. The fourth-order valence-electron chi connectivity index (χ4n) is 4.43. The molecule has 1 aromatic carbocycles. The predicted octanol–water partition coefficient (Wildman–Crippen LogP) is 6.35. The van der Waals surface area contributed by atoms with Crippen molar-refractivity contribution in [3.8, 4) is 33.9 Å². The molecule has 1 atom stereocenters. The normalized spacial score (nSPS) is 12.4. The molecule has 4 N–H and O–H groups in total. The molecule has 0 aliphatic rings. The first-order chi connectivity index (χ1) is 18.1. The average molecular weight is 514 g/mol. The van der Waals surface area contributed by atoms with E-state index in [0.29, 0.717) is 40.1 Å². The number of aromatic nitrogens is 6. The van der Waals surface area contributed by atoms with Crippen LogP contribution in [0.1, 0.15) is 26.2 Å². The van der Waals surface area contributed by atoms with Crippen LogP contribution < -0.4 is 5.32 Å². The lowest BCUT2D eigenvalue weighted by Gasteiger charge is -2.14. The van der Waals surface area contributed by atoms with Gasteiger partial charge in [-0.1, -0.05) is 13.3 Å². The van der Waals surface area contributed by atoms with Crippen LogP contribution in [0.2, 0.25) is 0 Å². The average Bonchev–Trinajstić information content (AvgIpc) is 3.67. The van der Waals surface area contributed by atoms with Gasteiger partial charge in [0.15, 0.2) is 11.6 Å². The SMILES string of the molecule is CCCCC(O)Nc1cncc(-c2cc(F)c3n[nH]c(-c4nc5c(-c6ccsc6)nccc5[nH]4)c3c2)c1. The lowest BCUT2D eigenvalue weighted by Crippen LogP contribution is -2.18. The Bertz CT molecular complexity index is 1690. The van der Waals surface area contributed by atoms with Crippen molar-refractivity contribution >= 4 is 39.0 Å². The van der Waals surface area contributed by atoms with Crippen LogP contribution in [-0.2, 0) is 0 Å². The van der Waals surface area contributed by atoms with Gasteiger partial charge < -0.3 is 15.4 Å². The number of unbranched alkanes of at least 4 members (excludes halogenated alkanes) is 1. The number of pyridine rings is 2. The van der Waals surface area contributed by atoms with Crippen LogP contribution in [0.15, 0.2) is 59.7 Å². The summed E-state index contributed by atoms with van der Waals surface area (Å²) >= 11 is 1.60. The molecule has 0 fully saturated rings. The van der Waals surface area contributed by atoms with Gasteiger partial charge in [-0.3, -0.25) is 15.1 Å². The van der Waals surface area contributed by atoms with E-state index in [1.807, 2.05) is 35.0 Å². The summed E-state index contributed by atoms with van der Waals surface area (Å²) in [6.07, 6.45) is 6.94. The van der Waals surface area contributed by atoms with Crippen molar-refractivity contribution in [2.45, 2.75) is 32.4 Å². The molecule has 0 aliphatic heterocycles. The van der Waals surface area contributed by atoms with E-state index in [1.54, 1.807) is 29.9 Å². The fourth-order valence-corrected chi connectivity index (χ4v) is 5.07. The molecular weight excluding hydrogens is 489 g/mol. The number of imidazole rings is 1. The van der Waals surface area contributed by atoms with Gasteiger partial charge in [-0.25, -0.2) is 9.37 Å². The van der Waals surface area contributed by atoms with Crippen LogP contribution >= 0.6 is 11.3 Å². The van der Waals surface area contributed by atoms with E-state index in [9.17, 15) is 5.11 Å². The largest absolute Gasteiger partial charge is 0.374 e. The molecule has 37 heavy (non-hydrogen) atoms. The minimum Gasteiger partial charge on any atom is -0.374 e. The monoisotopic (exact) mass is 513 g/mol. The molecule has 10 heteroatoms. The number of fused-ring (bicyclic) bond motifs is 2. The van der Waals surface area contributed by atoms with Crippen molar-refractivity contribution in [2.24, 2.45) is 0 Å². The highest BCUT2D eigenvalue weighted by Gasteiger charge is 2.18. The number of hydrogen-bond donors (Lipinski definition) is 4. The van der Waals surface area contributed by atoms with Crippen LogP contribution in [-0.4, -0.2) is 41.5 Å². The van der Waals surface area contributed by atoms with Gasteiger partial charge in [0.1, 0.15) is 23.0 Å². The maximum absolute atomic E-state index is 15.2. The maximum atomic E-state index is 15.2. The third-order valence-electron chi connectivity index (χ3n) is 6.28. The Hall–Kier alpha value is -4.15. The molecular formula is C27H24FN7OS. The Balaban J connectivity index is 1.40. The lowest BCUT2D eigenvalue weighted by molar-refractivity contribution is 0.190. The molecule has 8 nitrogen and oxygen atoms in total. The third kappa shape index (κ3) is 4.45. The Morgan fingerprint density at radius 1 is 1.11 bits per heavy atom. The number of aromatic amines is 2.